The molecule has 1 aliphatic rings. The lowest BCUT2D eigenvalue weighted by Gasteiger charge is -2.36. The lowest BCUT2D eigenvalue weighted by molar-refractivity contribution is -0.00570. The van der Waals surface area contributed by atoms with Crippen molar-refractivity contribution in [2.45, 2.75) is 44.6 Å². The first-order valence-electron chi connectivity index (χ1n) is 8.82. The molecule has 1 N–H and O–H groups in total. The van der Waals surface area contributed by atoms with E-state index < -0.39 is 6.10 Å². The van der Waals surface area contributed by atoms with Crippen LogP contribution in [0.4, 0.5) is 0 Å². The minimum atomic E-state index is -0.452. The van der Waals surface area contributed by atoms with Gasteiger partial charge in [-0.05, 0) is 31.0 Å². The maximum atomic E-state index is 10.3. The zero-order valence-electron chi connectivity index (χ0n) is 14.1. The number of hydrogen-bond donors (Lipinski definition) is 1. The first-order chi connectivity index (χ1) is 11.8. The fourth-order valence-electron chi connectivity index (χ4n) is 3.34. The molecular weight excluding hydrogens is 302 g/mol. The van der Waals surface area contributed by atoms with Crippen molar-refractivity contribution in [3.63, 3.8) is 0 Å². The molecule has 2 atom stereocenters. The molecule has 130 valence electrons. The van der Waals surface area contributed by atoms with Crippen LogP contribution < -0.4 is 0 Å². The van der Waals surface area contributed by atoms with Gasteiger partial charge in [0.05, 0.1) is 25.9 Å². The zero-order chi connectivity index (χ0) is 16.6. The quantitative estimate of drug-likeness (QED) is 0.807. The molecule has 0 bridgehead atoms. The van der Waals surface area contributed by atoms with Gasteiger partial charge in [0.25, 0.3) is 0 Å². The third kappa shape index (κ3) is 5.16. The van der Waals surface area contributed by atoms with E-state index in [1.54, 1.807) is 0 Å². The zero-order valence-corrected chi connectivity index (χ0v) is 14.1. The summed E-state index contributed by atoms with van der Waals surface area (Å²) in [5.74, 6) is 0. The summed E-state index contributed by atoms with van der Waals surface area (Å²) in [6.45, 7) is 3.53. The summed E-state index contributed by atoms with van der Waals surface area (Å²) in [4.78, 5) is 2.39. The van der Waals surface area contributed by atoms with E-state index in [-0.39, 0.29) is 0 Å². The molecule has 24 heavy (non-hydrogen) atoms. The van der Waals surface area contributed by atoms with Crippen molar-refractivity contribution >= 4 is 0 Å². The van der Waals surface area contributed by atoms with Gasteiger partial charge in [-0.2, -0.15) is 5.10 Å². The Morgan fingerprint density at radius 2 is 2.08 bits per heavy atom. The van der Waals surface area contributed by atoms with Crippen LogP contribution in [0, 0.1) is 0 Å². The second-order valence-electron chi connectivity index (χ2n) is 6.53. The van der Waals surface area contributed by atoms with Crippen molar-refractivity contribution in [1.82, 2.24) is 14.7 Å². The summed E-state index contributed by atoms with van der Waals surface area (Å²) in [5.41, 5.74) is 1.14. The van der Waals surface area contributed by atoms with E-state index in [9.17, 15) is 5.11 Å². The maximum Gasteiger partial charge on any atom is 0.0900 e. The van der Waals surface area contributed by atoms with Gasteiger partial charge in [0, 0.05) is 25.0 Å². The minimum absolute atomic E-state index is 0.375. The molecule has 3 rings (SSSR count). The molecule has 0 saturated carbocycles. The van der Waals surface area contributed by atoms with Crippen molar-refractivity contribution in [1.29, 1.82) is 0 Å². The Balaban J connectivity index is 1.44. The molecule has 0 unspecified atom stereocenters. The maximum absolute atomic E-state index is 10.3. The summed E-state index contributed by atoms with van der Waals surface area (Å²) in [6.07, 6.45) is 6.99. The molecule has 2 heterocycles. The van der Waals surface area contributed by atoms with Crippen molar-refractivity contribution in [3.05, 3.63) is 54.4 Å². The van der Waals surface area contributed by atoms with Gasteiger partial charge in [-0.3, -0.25) is 9.58 Å². The van der Waals surface area contributed by atoms with Crippen molar-refractivity contribution in [2.24, 2.45) is 0 Å². The molecule has 5 heteroatoms. The van der Waals surface area contributed by atoms with Crippen LogP contribution >= 0.6 is 0 Å². The SMILES string of the molecule is O[C@@H](COCc1ccccc1)CN1CCCC[C@H]1Cn1cccn1. The van der Waals surface area contributed by atoms with Gasteiger partial charge >= 0.3 is 0 Å². The monoisotopic (exact) mass is 329 g/mol. The summed E-state index contributed by atoms with van der Waals surface area (Å²) >= 11 is 0. The average molecular weight is 329 g/mol. The molecule has 0 aliphatic carbocycles. The van der Waals surface area contributed by atoms with Crippen LogP contribution in [0.2, 0.25) is 0 Å². The van der Waals surface area contributed by atoms with Crippen LogP contribution in [0.1, 0.15) is 24.8 Å². The molecule has 0 amide bonds. The van der Waals surface area contributed by atoms with Crippen molar-refractivity contribution < 1.29 is 9.84 Å². The fourth-order valence-corrected chi connectivity index (χ4v) is 3.34. The van der Waals surface area contributed by atoms with E-state index in [4.69, 9.17) is 4.74 Å². The Labute approximate surface area is 143 Å². The van der Waals surface area contributed by atoms with Gasteiger partial charge in [-0.1, -0.05) is 36.8 Å². The Hall–Kier alpha value is -1.69. The molecule has 0 spiro atoms. The standard InChI is InChI=1S/C19H27N3O2/c23-19(16-24-15-17-7-2-1-3-8-17)14-21-11-5-4-9-18(21)13-22-12-6-10-20-22/h1-3,6-8,10,12,18-19,23H,4-5,9,11,13-16H2/t18-,19+/m0/s1. The number of piperidine rings is 1. The highest BCUT2D eigenvalue weighted by Crippen LogP contribution is 2.18. The second-order valence-corrected chi connectivity index (χ2v) is 6.53. The van der Waals surface area contributed by atoms with Gasteiger partial charge < -0.3 is 9.84 Å². The lowest BCUT2D eigenvalue weighted by Crippen LogP contribution is -2.46. The first kappa shape index (κ1) is 17.1. The fraction of sp³-hybridized carbons (Fsp3) is 0.526. The summed E-state index contributed by atoms with van der Waals surface area (Å²) in [6, 6.07) is 12.5. The molecule has 1 saturated heterocycles. The number of benzene rings is 1. The number of hydrogen-bond acceptors (Lipinski definition) is 4. The van der Waals surface area contributed by atoms with Gasteiger partial charge in [-0.25, -0.2) is 0 Å². The Morgan fingerprint density at radius 1 is 1.21 bits per heavy atom. The summed E-state index contributed by atoms with van der Waals surface area (Å²) in [5, 5.41) is 14.6. The number of aromatic nitrogens is 2. The number of nitrogens with zero attached hydrogens (tertiary/aromatic N) is 3. The van der Waals surface area contributed by atoms with E-state index in [0.29, 0.717) is 25.8 Å². The van der Waals surface area contributed by atoms with Crippen LogP contribution in [-0.4, -0.2) is 51.6 Å². The molecular formula is C19H27N3O2. The highest BCUT2D eigenvalue weighted by Gasteiger charge is 2.24. The molecule has 1 aromatic carbocycles. The largest absolute Gasteiger partial charge is 0.389 e. The van der Waals surface area contributed by atoms with Gasteiger partial charge in [0.15, 0.2) is 0 Å². The molecule has 5 nitrogen and oxygen atoms in total. The molecule has 1 aromatic heterocycles. The van der Waals surface area contributed by atoms with Crippen LogP contribution in [0.3, 0.4) is 0 Å². The Kier molecular flexibility index (Phi) is 6.41. The lowest BCUT2D eigenvalue weighted by atomic mass is 10.0. The predicted octanol–water partition coefficient (Wildman–Crippen LogP) is 2.32. The normalized spacial score (nSPS) is 20.1. The van der Waals surface area contributed by atoms with E-state index in [1.807, 2.05) is 53.5 Å². The van der Waals surface area contributed by atoms with Crippen LogP contribution in [0.25, 0.3) is 0 Å². The smallest absolute Gasteiger partial charge is 0.0900 e. The van der Waals surface area contributed by atoms with Crippen LogP contribution in [0.15, 0.2) is 48.8 Å². The third-order valence-corrected chi connectivity index (χ3v) is 4.57. The van der Waals surface area contributed by atoms with E-state index in [1.165, 1.54) is 12.8 Å². The highest BCUT2D eigenvalue weighted by atomic mass is 16.5. The van der Waals surface area contributed by atoms with Gasteiger partial charge in [0.2, 0.25) is 0 Å². The predicted molar refractivity (Wildman–Crippen MR) is 93.5 cm³/mol. The topological polar surface area (TPSA) is 50.5 Å². The number of likely N-dealkylation sites (tertiary alicyclic amines) is 1. The first-order valence-corrected chi connectivity index (χ1v) is 8.82. The number of rotatable bonds is 8. The van der Waals surface area contributed by atoms with Crippen molar-refractivity contribution in [3.8, 4) is 0 Å². The molecule has 1 aliphatic heterocycles. The number of ether oxygens (including phenoxy) is 1. The highest BCUT2D eigenvalue weighted by molar-refractivity contribution is 5.13. The number of β-amino-alcohol motifs (C(OH)–C–C–N with tert-alkyl or cyclic N) is 1. The number of aliphatic hydroxyl groups excluding tert-OH is 1. The van der Waals surface area contributed by atoms with E-state index >= 15 is 0 Å². The summed E-state index contributed by atoms with van der Waals surface area (Å²) < 4.78 is 7.66. The van der Waals surface area contributed by atoms with Gasteiger partial charge in [-0.15, -0.1) is 0 Å². The van der Waals surface area contributed by atoms with Crippen LogP contribution in [-0.2, 0) is 17.9 Å². The van der Waals surface area contributed by atoms with E-state index in [2.05, 4.69) is 10.00 Å². The molecule has 1 fully saturated rings. The molecule has 0 radical (unpaired) electrons. The Morgan fingerprint density at radius 3 is 2.88 bits per heavy atom. The minimum Gasteiger partial charge on any atom is -0.389 e. The second kappa shape index (κ2) is 8.97. The van der Waals surface area contributed by atoms with Crippen LogP contribution in [0.5, 0.6) is 0 Å². The average Bonchev–Trinajstić information content (AvgIpc) is 3.11. The number of aliphatic hydroxyl groups is 1. The molecule has 2 aromatic rings. The van der Waals surface area contributed by atoms with Crippen molar-refractivity contribution in [2.75, 3.05) is 19.7 Å². The summed E-state index contributed by atoms with van der Waals surface area (Å²) in [7, 11) is 0. The third-order valence-electron chi connectivity index (χ3n) is 4.57. The Bertz CT molecular complexity index is 574. The van der Waals surface area contributed by atoms with Gasteiger partial charge in [0.1, 0.15) is 0 Å². The van der Waals surface area contributed by atoms with E-state index in [0.717, 1.165) is 25.1 Å².